The van der Waals surface area contributed by atoms with Crippen LogP contribution in [0.15, 0.2) is 71.5 Å². The number of anilines is 1. The highest BCUT2D eigenvalue weighted by Gasteiger charge is 2.31. The second-order valence-electron chi connectivity index (χ2n) is 8.46. The maximum Gasteiger partial charge on any atom is 0.416 e. The van der Waals surface area contributed by atoms with Gasteiger partial charge in [-0.3, -0.25) is 14.6 Å². The van der Waals surface area contributed by atoms with Crippen LogP contribution in [0.3, 0.4) is 0 Å². The summed E-state index contributed by atoms with van der Waals surface area (Å²) in [7, 11) is 0. The maximum atomic E-state index is 14.8. The van der Waals surface area contributed by atoms with Crippen molar-refractivity contribution in [2.24, 2.45) is 0 Å². The summed E-state index contributed by atoms with van der Waals surface area (Å²) in [4.78, 5) is 36.0. The molecule has 0 saturated carbocycles. The number of hydrogen-bond donors (Lipinski definition) is 1. The van der Waals surface area contributed by atoms with Crippen LogP contribution in [0.1, 0.15) is 15.9 Å². The van der Waals surface area contributed by atoms with Gasteiger partial charge in [-0.25, -0.2) is 9.37 Å². The molecular weight excluding hydrogens is 476 g/mol. The Morgan fingerprint density at radius 3 is 2.39 bits per heavy atom. The van der Waals surface area contributed by atoms with Crippen molar-refractivity contribution in [3.63, 3.8) is 0 Å². The van der Waals surface area contributed by atoms with Crippen molar-refractivity contribution in [1.82, 2.24) is 14.9 Å². The number of benzene rings is 3. The number of rotatable bonds is 3. The molecule has 4 aromatic rings. The minimum atomic E-state index is -4.54. The first-order valence-corrected chi connectivity index (χ1v) is 11.2. The molecule has 36 heavy (non-hydrogen) atoms. The molecule has 6 nitrogen and oxygen atoms in total. The molecule has 1 aromatic heterocycles. The van der Waals surface area contributed by atoms with E-state index < -0.39 is 17.6 Å². The quantitative estimate of drug-likeness (QED) is 0.417. The van der Waals surface area contributed by atoms with Crippen LogP contribution >= 0.6 is 0 Å². The van der Waals surface area contributed by atoms with E-state index in [1.807, 2.05) is 4.90 Å². The summed E-state index contributed by atoms with van der Waals surface area (Å²) in [5.74, 6) is -0.747. The van der Waals surface area contributed by atoms with E-state index in [9.17, 15) is 27.2 Å². The zero-order chi connectivity index (χ0) is 25.4. The Morgan fingerprint density at radius 2 is 1.67 bits per heavy atom. The van der Waals surface area contributed by atoms with E-state index in [4.69, 9.17) is 0 Å². The first kappa shape index (κ1) is 23.5. The molecule has 3 aromatic carbocycles. The topological polar surface area (TPSA) is 69.3 Å². The van der Waals surface area contributed by atoms with Gasteiger partial charge in [0.2, 0.25) is 5.95 Å². The smallest absolute Gasteiger partial charge is 0.339 e. The molecule has 0 atom stereocenters. The minimum Gasteiger partial charge on any atom is -0.339 e. The van der Waals surface area contributed by atoms with Gasteiger partial charge in [0.1, 0.15) is 5.82 Å². The van der Waals surface area contributed by atoms with Crippen molar-refractivity contribution >= 4 is 22.8 Å². The van der Waals surface area contributed by atoms with Gasteiger partial charge in [0.05, 0.1) is 16.5 Å². The molecule has 5 rings (SSSR count). The highest BCUT2D eigenvalue weighted by Crippen LogP contribution is 2.33. The van der Waals surface area contributed by atoms with Crippen LogP contribution in [0.25, 0.3) is 22.0 Å². The number of para-hydroxylation sites is 1. The molecule has 2 heterocycles. The lowest BCUT2D eigenvalue weighted by atomic mass is 10.0. The first-order valence-electron chi connectivity index (χ1n) is 11.2. The Hall–Kier alpha value is -4.21. The van der Waals surface area contributed by atoms with E-state index in [0.29, 0.717) is 43.0 Å². The lowest BCUT2D eigenvalue weighted by Crippen LogP contribution is -2.49. The van der Waals surface area contributed by atoms with E-state index >= 15 is 0 Å². The van der Waals surface area contributed by atoms with Gasteiger partial charge in [0, 0.05) is 37.3 Å². The molecular formula is C26H20F4N4O2. The van der Waals surface area contributed by atoms with Crippen molar-refractivity contribution in [3.05, 3.63) is 94.0 Å². The Balaban J connectivity index is 1.30. The third kappa shape index (κ3) is 4.53. The summed E-state index contributed by atoms with van der Waals surface area (Å²) in [5.41, 5.74) is -0.384. The molecule has 0 bridgehead atoms. The van der Waals surface area contributed by atoms with Gasteiger partial charge in [-0.15, -0.1) is 0 Å². The summed E-state index contributed by atoms with van der Waals surface area (Å²) in [6.45, 7) is 1.48. The summed E-state index contributed by atoms with van der Waals surface area (Å²) in [6.07, 6.45) is -4.54. The Kier molecular flexibility index (Phi) is 5.95. The Morgan fingerprint density at radius 1 is 0.917 bits per heavy atom. The van der Waals surface area contributed by atoms with Gasteiger partial charge in [0.15, 0.2) is 0 Å². The highest BCUT2D eigenvalue weighted by atomic mass is 19.4. The van der Waals surface area contributed by atoms with Gasteiger partial charge in [-0.05, 0) is 42.0 Å². The number of nitrogens with one attached hydrogen (secondary N) is 1. The zero-order valence-corrected chi connectivity index (χ0v) is 18.8. The molecule has 1 amide bonds. The number of alkyl halides is 3. The average molecular weight is 496 g/mol. The SMILES string of the molecule is O=C(c1ccc(-c2cccc(C(F)(F)F)c2)c(F)c1)N1CCN(c2nc3ccccc3c(=O)[nH]2)CC1. The standard InChI is InChI=1S/C26H20F4N4O2/c27-21-15-17(8-9-19(21)16-4-3-5-18(14-16)26(28,29)30)24(36)33-10-12-34(13-11-33)25-31-22-7-2-1-6-20(22)23(35)32-25/h1-9,14-15H,10-13H2,(H,31,32,35). The van der Waals surface area contributed by atoms with E-state index in [1.165, 1.54) is 24.3 Å². The average Bonchev–Trinajstić information content (AvgIpc) is 2.88. The number of carbonyl (C=O) groups is 1. The Bertz CT molecular complexity index is 1510. The molecule has 1 saturated heterocycles. The molecule has 1 aliphatic rings. The molecule has 1 aliphatic heterocycles. The van der Waals surface area contributed by atoms with Crippen LogP contribution in [0, 0.1) is 5.82 Å². The highest BCUT2D eigenvalue weighted by molar-refractivity contribution is 5.95. The normalized spacial score (nSPS) is 14.3. The zero-order valence-electron chi connectivity index (χ0n) is 18.8. The van der Waals surface area contributed by atoms with Crippen LogP contribution in [-0.4, -0.2) is 47.0 Å². The van der Waals surface area contributed by atoms with Crippen LogP contribution in [0.5, 0.6) is 0 Å². The van der Waals surface area contributed by atoms with E-state index in [1.54, 1.807) is 29.2 Å². The second kappa shape index (κ2) is 9.10. The third-order valence-corrected chi connectivity index (χ3v) is 6.18. The summed E-state index contributed by atoms with van der Waals surface area (Å²) in [6, 6.07) is 15.2. The van der Waals surface area contributed by atoms with Crippen molar-refractivity contribution in [1.29, 1.82) is 0 Å². The van der Waals surface area contributed by atoms with Crippen LogP contribution in [0.2, 0.25) is 0 Å². The largest absolute Gasteiger partial charge is 0.416 e. The number of piperazine rings is 1. The number of aromatic nitrogens is 2. The van der Waals surface area contributed by atoms with Gasteiger partial charge >= 0.3 is 6.18 Å². The number of halogens is 4. The summed E-state index contributed by atoms with van der Waals surface area (Å²) in [5, 5.41) is 0.491. The fraction of sp³-hybridized carbons (Fsp3) is 0.192. The number of hydrogen-bond acceptors (Lipinski definition) is 4. The van der Waals surface area contributed by atoms with Gasteiger partial charge in [-0.1, -0.05) is 30.3 Å². The number of amides is 1. The van der Waals surface area contributed by atoms with Crippen molar-refractivity contribution in [2.45, 2.75) is 6.18 Å². The molecule has 0 unspecified atom stereocenters. The Labute approximate surface area is 202 Å². The summed E-state index contributed by atoms with van der Waals surface area (Å²) >= 11 is 0. The van der Waals surface area contributed by atoms with Crippen LogP contribution in [-0.2, 0) is 6.18 Å². The van der Waals surface area contributed by atoms with Gasteiger partial charge < -0.3 is 9.80 Å². The van der Waals surface area contributed by atoms with Crippen molar-refractivity contribution in [2.75, 3.05) is 31.1 Å². The number of aromatic amines is 1. The molecule has 0 aliphatic carbocycles. The van der Waals surface area contributed by atoms with Crippen LogP contribution < -0.4 is 10.5 Å². The minimum absolute atomic E-state index is 0.0196. The summed E-state index contributed by atoms with van der Waals surface area (Å²) < 4.78 is 53.9. The predicted octanol–water partition coefficient (Wildman–Crippen LogP) is 4.71. The molecule has 184 valence electrons. The lowest BCUT2D eigenvalue weighted by molar-refractivity contribution is -0.137. The molecule has 10 heteroatoms. The maximum absolute atomic E-state index is 14.8. The number of H-pyrrole nitrogens is 1. The second-order valence-corrected chi connectivity index (χ2v) is 8.46. The molecule has 0 radical (unpaired) electrons. The first-order chi connectivity index (χ1) is 17.2. The number of nitrogens with zero attached hydrogens (tertiary/aromatic N) is 3. The van der Waals surface area contributed by atoms with Crippen molar-refractivity contribution in [3.8, 4) is 11.1 Å². The van der Waals surface area contributed by atoms with Crippen LogP contribution in [0.4, 0.5) is 23.5 Å². The monoisotopic (exact) mass is 496 g/mol. The number of carbonyl (C=O) groups excluding carboxylic acids is 1. The molecule has 1 fully saturated rings. The lowest BCUT2D eigenvalue weighted by Gasteiger charge is -2.35. The van der Waals surface area contributed by atoms with E-state index in [0.717, 1.165) is 18.2 Å². The number of fused-ring (bicyclic) bond motifs is 1. The van der Waals surface area contributed by atoms with Gasteiger partial charge in [-0.2, -0.15) is 13.2 Å². The van der Waals surface area contributed by atoms with Crippen molar-refractivity contribution < 1.29 is 22.4 Å². The fourth-order valence-electron chi connectivity index (χ4n) is 4.27. The predicted molar refractivity (Wildman–Crippen MR) is 127 cm³/mol. The van der Waals surface area contributed by atoms with E-state index in [-0.39, 0.29) is 28.2 Å². The van der Waals surface area contributed by atoms with Gasteiger partial charge in [0.25, 0.3) is 11.5 Å². The third-order valence-electron chi connectivity index (χ3n) is 6.18. The molecule has 1 N–H and O–H groups in total. The van der Waals surface area contributed by atoms with E-state index in [2.05, 4.69) is 9.97 Å². The molecule has 0 spiro atoms. The fourth-order valence-corrected chi connectivity index (χ4v) is 4.27.